The summed E-state index contributed by atoms with van der Waals surface area (Å²) < 4.78 is 0. The van der Waals surface area contributed by atoms with Gasteiger partial charge in [0.15, 0.2) is 5.16 Å². The molecular weight excluding hydrogens is 232 g/mol. The van der Waals surface area contributed by atoms with Crippen LogP contribution < -0.4 is 5.73 Å². The summed E-state index contributed by atoms with van der Waals surface area (Å²) in [5.41, 5.74) is 7.29. The van der Waals surface area contributed by atoms with E-state index in [0.29, 0.717) is 0 Å². The van der Waals surface area contributed by atoms with E-state index in [9.17, 15) is 0 Å². The van der Waals surface area contributed by atoms with Crippen molar-refractivity contribution in [2.75, 3.05) is 0 Å². The molecule has 17 heavy (non-hydrogen) atoms. The SMILES string of the molecule is N=C(N)c1ccc(CSc2ncccn2)cc1. The summed E-state index contributed by atoms with van der Waals surface area (Å²) in [7, 11) is 0. The van der Waals surface area contributed by atoms with Crippen LogP contribution in [0.2, 0.25) is 0 Å². The lowest BCUT2D eigenvalue weighted by Crippen LogP contribution is -2.10. The predicted molar refractivity (Wildman–Crippen MR) is 69.1 cm³/mol. The fourth-order valence-electron chi connectivity index (χ4n) is 1.29. The van der Waals surface area contributed by atoms with Crippen molar-refractivity contribution < 1.29 is 0 Å². The number of aromatic nitrogens is 2. The maximum absolute atomic E-state index is 7.29. The highest BCUT2D eigenvalue weighted by Crippen LogP contribution is 2.18. The van der Waals surface area contributed by atoms with Crippen molar-refractivity contribution >= 4 is 17.6 Å². The second-order valence-corrected chi connectivity index (χ2v) is 4.37. The third-order valence-corrected chi connectivity index (χ3v) is 3.12. The Kier molecular flexibility index (Phi) is 3.72. The Bertz CT molecular complexity index is 496. The monoisotopic (exact) mass is 244 g/mol. The average molecular weight is 244 g/mol. The number of amidine groups is 1. The number of rotatable bonds is 4. The third kappa shape index (κ3) is 3.29. The molecule has 5 heteroatoms. The summed E-state index contributed by atoms with van der Waals surface area (Å²) in [6.45, 7) is 0. The first-order valence-corrected chi connectivity index (χ1v) is 6.07. The molecule has 0 spiro atoms. The van der Waals surface area contributed by atoms with E-state index in [-0.39, 0.29) is 5.84 Å². The number of nitrogen functional groups attached to an aromatic ring is 1. The van der Waals surface area contributed by atoms with Crippen LogP contribution in [0.1, 0.15) is 11.1 Å². The van der Waals surface area contributed by atoms with Crippen LogP contribution in [0.25, 0.3) is 0 Å². The van der Waals surface area contributed by atoms with Crippen molar-refractivity contribution in [2.24, 2.45) is 5.73 Å². The van der Waals surface area contributed by atoms with Gasteiger partial charge in [-0.25, -0.2) is 9.97 Å². The van der Waals surface area contributed by atoms with E-state index in [0.717, 1.165) is 22.0 Å². The minimum Gasteiger partial charge on any atom is -0.384 e. The molecule has 0 unspecified atom stereocenters. The first-order chi connectivity index (χ1) is 8.25. The van der Waals surface area contributed by atoms with Gasteiger partial charge in [-0.05, 0) is 11.6 Å². The van der Waals surface area contributed by atoms with Crippen molar-refractivity contribution in [1.29, 1.82) is 5.41 Å². The van der Waals surface area contributed by atoms with E-state index in [4.69, 9.17) is 11.1 Å². The van der Waals surface area contributed by atoms with Gasteiger partial charge in [-0.15, -0.1) is 0 Å². The van der Waals surface area contributed by atoms with Crippen LogP contribution in [0.5, 0.6) is 0 Å². The van der Waals surface area contributed by atoms with Crippen molar-refractivity contribution in [3.05, 3.63) is 53.9 Å². The van der Waals surface area contributed by atoms with Gasteiger partial charge >= 0.3 is 0 Å². The Morgan fingerprint density at radius 1 is 1.18 bits per heavy atom. The maximum atomic E-state index is 7.29. The molecule has 0 atom stereocenters. The molecule has 0 aliphatic rings. The zero-order valence-electron chi connectivity index (χ0n) is 9.13. The highest BCUT2D eigenvalue weighted by Gasteiger charge is 1.99. The van der Waals surface area contributed by atoms with Gasteiger partial charge in [0.25, 0.3) is 0 Å². The Labute approximate surface area is 104 Å². The molecule has 2 aromatic rings. The smallest absolute Gasteiger partial charge is 0.187 e. The molecule has 0 fully saturated rings. The van der Waals surface area contributed by atoms with E-state index >= 15 is 0 Å². The molecule has 3 N–H and O–H groups in total. The Balaban J connectivity index is 1.98. The molecular formula is C12H12N4S. The fraction of sp³-hybridized carbons (Fsp3) is 0.0833. The summed E-state index contributed by atoms with van der Waals surface area (Å²) in [4.78, 5) is 8.27. The molecule has 1 aromatic carbocycles. The molecule has 0 amide bonds. The zero-order valence-corrected chi connectivity index (χ0v) is 9.95. The van der Waals surface area contributed by atoms with E-state index in [1.165, 1.54) is 0 Å². The molecule has 0 radical (unpaired) electrons. The van der Waals surface area contributed by atoms with Crippen LogP contribution >= 0.6 is 11.8 Å². The van der Waals surface area contributed by atoms with Crippen molar-refractivity contribution in [3.8, 4) is 0 Å². The number of nitrogens with two attached hydrogens (primary N) is 1. The summed E-state index contributed by atoms with van der Waals surface area (Å²) in [5.74, 6) is 0.901. The lowest BCUT2D eigenvalue weighted by molar-refractivity contribution is 0.966. The Hall–Kier alpha value is -1.88. The van der Waals surface area contributed by atoms with Gasteiger partial charge in [-0.3, -0.25) is 5.41 Å². The number of nitrogens with one attached hydrogen (secondary N) is 1. The van der Waals surface area contributed by atoms with Crippen molar-refractivity contribution in [3.63, 3.8) is 0 Å². The zero-order chi connectivity index (χ0) is 12.1. The summed E-state index contributed by atoms with van der Waals surface area (Å²) >= 11 is 1.58. The van der Waals surface area contributed by atoms with E-state index in [1.54, 1.807) is 30.2 Å². The van der Waals surface area contributed by atoms with E-state index in [2.05, 4.69) is 9.97 Å². The number of nitrogens with zero attached hydrogens (tertiary/aromatic N) is 2. The van der Waals surface area contributed by atoms with Crippen LogP contribution in [-0.2, 0) is 5.75 Å². The standard InChI is InChI=1S/C12H12N4S/c13-11(14)10-4-2-9(3-5-10)8-17-12-15-6-1-7-16-12/h1-7H,8H2,(H3,13,14). The van der Waals surface area contributed by atoms with Crippen molar-refractivity contribution in [2.45, 2.75) is 10.9 Å². The van der Waals surface area contributed by atoms with Crippen LogP contribution in [-0.4, -0.2) is 15.8 Å². The van der Waals surface area contributed by atoms with Gasteiger partial charge in [0.1, 0.15) is 5.84 Å². The molecule has 86 valence electrons. The normalized spacial score (nSPS) is 10.1. The molecule has 4 nitrogen and oxygen atoms in total. The minimum atomic E-state index is 0.0931. The van der Waals surface area contributed by atoms with Gasteiger partial charge in [0, 0.05) is 23.7 Å². The Morgan fingerprint density at radius 3 is 2.41 bits per heavy atom. The lowest BCUT2D eigenvalue weighted by atomic mass is 10.1. The number of hydrogen-bond donors (Lipinski definition) is 2. The number of thioether (sulfide) groups is 1. The lowest BCUT2D eigenvalue weighted by Gasteiger charge is -2.02. The van der Waals surface area contributed by atoms with Gasteiger partial charge in [0.2, 0.25) is 0 Å². The van der Waals surface area contributed by atoms with Gasteiger partial charge < -0.3 is 5.73 Å². The fourth-order valence-corrected chi connectivity index (χ4v) is 2.05. The topological polar surface area (TPSA) is 75.7 Å². The van der Waals surface area contributed by atoms with Gasteiger partial charge in [-0.1, -0.05) is 36.0 Å². The quantitative estimate of drug-likeness (QED) is 0.373. The molecule has 1 aromatic heterocycles. The highest BCUT2D eigenvalue weighted by atomic mass is 32.2. The van der Waals surface area contributed by atoms with E-state index < -0.39 is 0 Å². The highest BCUT2D eigenvalue weighted by molar-refractivity contribution is 7.98. The van der Waals surface area contributed by atoms with Gasteiger partial charge in [-0.2, -0.15) is 0 Å². The second kappa shape index (κ2) is 5.45. The molecule has 0 saturated heterocycles. The number of hydrogen-bond acceptors (Lipinski definition) is 4. The summed E-state index contributed by atoms with van der Waals surface area (Å²) in [5, 5.41) is 8.06. The minimum absolute atomic E-state index is 0.0931. The number of benzene rings is 1. The average Bonchev–Trinajstić information content (AvgIpc) is 2.38. The molecule has 0 aliphatic carbocycles. The molecule has 0 aliphatic heterocycles. The van der Waals surface area contributed by atoms with Crippen LogP contribution in [0.3, 0.4) is 0 Å². The third-order valence-electron chi connectivity index (χ3n) is 2.17. The largest absolute Gasteiger partial charge is 0.384 e. The molecule has 0 saturated carbocycles. The molecule has 2 rings (SSSR count). The van der Waals surface area contributed by atoms with Crippen LogP contribution in [0.15, 0.2) is 47.9 Å². The Morgan fingerprint density at radius 2 is 1.82 bits per heavy atom. The van der Waals surface area contributed by atoms with E-state index in [1.807, 2.05) is 24.3 Å². The van der Waals surface area contributed by atoms with Crippen LogP contribution in [0.4, 0.5) is 0 Å². The van der Waals surface area contributed by atoms with Gasteiger partial charge in [0.05, 0.1) is 0 Å². The summed E-state index contributed by atoms with van der Waals surface area (Å²) in [6, 6.07) is 9.43. The first-order valence-electron chi connectivity index (χ1n) is 5.09. The first kappa shape index (κ1) is 11.6. The maximum Gasteiger partial charge on any atom is 0.187 e. The predicted octanol–water partition coefficient (Wildman–Crippen LogP) is 2.05. The molecule has 0 bridgehead atoms. The summed E-state index contributed by atoms with van der Waals surface area (Å²) in [6.07, 6.45) is 3.46. The van der Waals surface area contributed by atoms with Crippen LogP contribution in [0, 0.1) is 5.41 Å². The second-order valence-electron chi connectivity index (χ2n) is 3.43. The molecule has 1 heterocycles. The van der Waals surface area contributed by atoms with Crippen molar-refractivity contribution in [1.82, 2.24) is 9.97 Å².